The number of fused-ring (bicyclic) bond motifs is 2. The van der Waals surface area contributed by atoms with Gasteiger partial charge in [-0.05, 0) is 68.4 Å². The largest absolute Gasteiger partial charge is 0.490 e. The maximum atomic E-state index is 14.9. The van der Waals surface area contributed by atoms with Crippen molar-refractivity contribution in [3.63, 3.8) is 0 Å². The molecule has 0 spiro atoms. The van der Waals surface area contributed by atoms with Gasteiger partial charge >= 0.3 is 0 Å². The van der Waals surface area contributed by atoms with E-state index in [1.54, 1.807) is 4.57 Å². The van der Waals surface area contributed by atoms with Crippen LogP contribution in [0.5, 0.6) is 5.75 Å². The Hall–Kier alpha value is -5.22. The van der Waals surface area contributed by atoms with Gasteiger partial charge in [-0.25, -0.2) is 23.4 Å². The molecule has 1 atom stereocenters. The lowest BCUT2D eigenvalue weighted by Gasteiger charge is -2.38. The Kier molecular flexibility index (Phi) is 9.17. The van der Waals surface area contributed by atoms with Crippen molar-refractivity contribution in [2.75, 3.05) is 43.4 Å². The highest BCUT2D eigenvalue weighted by Crippen LogP contribution is 2.39. The number of likely N-dealkylation sites (tertiary alicyclic amines) is 1. The number of hydrogen-bond acceptors (Lipinski definition) is 11. The van der Waals surface area contributed by atoms with Gasteiger partial charge in [-0.2, -0.15) is 5.10 Å². The van der Waals surface area contributed by atoms with E-state index in [4.69, 9.17) is 10.5 Å². The number of benzene rings is 3. The summed E-state index contributed by atoms with van der Waals surface area (Å²) < 4.78 is 37.7. The third-order valence-electron chi connectivity index (χ3n) is 9.72. The molecule has 2 aliphatic rings. The minimum absolute atomic E-state index is 0.0133. The van der Waals surface area contributed by atoms with E-state index in [1.165, 1.54) is 34.7 Å². The number of halogens is 2. The summed E-state index contributed by atoms with van der Waals surface area (Å²) in [5.41, 5.74) is 7.40. The second-order valence-corrected chi connectivity index (χ2v) is 14.3. The van der Waals surface area contributed by atoms with Crippen LogP contribution in [0.25, 0.3) is 16.0 Å². The number of nitrogens with one attached hydrogen (secondary N) is 1. The van der Waals surface area contributed by atoms with E-state index in [-0.39, 0.29) is 36.1 Å². The fourth-order valence-electron chi connectivity index (χ4n) is 7.19. The molecular formula is C37H37F2N9O3S. The van der Waals surface area contributed by atoms with Gasteiger partial charge in [0.2, 0.25) is 0 Å². The molecule has 0 unspecified atom stereocenters. The number of anilines is 3. The summed E-state index contributed by atoms with van der Waals surface area (Å²) in [6, 6.07) is 21.2. The van der Waals surface area contributed by atoms with Gasteiger partial charge < -0.3 is 25.8 Å². The minimum Gasteiger partial charge on any atom is -0.490 e. The number of nitrogen functional groups attached to an aromatic ring is 1. The fraction of sp³-hybridized carbons (Fsp3) is 0.297. The molecule has 0 saturated carbocycles. The Morgan fingerprint density at radius 3 is 2.60 bits per heavy atom. The van der Waals surface area contributed by atoms with Crippen molar-refractivity contribution in [1.29, 1.82) is 0 Å². The maximum absolute atomic E-state index is 14.9. The molecular weight excluding hydrogens is 689 g/mol. The first-order valence-corrected chi connectivity index (χ1v) is 17.9. The van der Waals surface area contributed by atoms with Crippen molar-refractivity contribution in [3.05, 3.63) is 118 Å². The molecule has 268 valence electrons. The van der Waals surface area contributed by atoms with Crippen LogP contribution in [0.3, 0.4) is 0 Å². The summed E-state index contributed by atoms with van der Waals surface area (Å²) in [5, 5.41) is 19.5. The van der Waals surface area contributed by atoms with Crippen LogP contribution in [0.15, 0.2) is 90.2 Å². The number of nitrogens with two attached hydrogens (primary N) is 1. The number of hydrogen-bond donors (Lipinski definition) is 3. The number of thiophene rings is 1. The monoisotopic (exact) mass is 725 g/mol. The highest BCUT2D eigenvalue weighted by atomic mass is 32.1. The Morgan fingerprint density at radius 2 is 1.83 bits per heavy atom. The summed E-state index contributed by atoms with van der Waals surface area (Å²) in [4.78, 5) is 27.8. The first kappa shape index (κ1) is 33.9. The molecule has 3 aromatic carbocycles. The normalized spacial score (nSPS) is 16.5. The Morgan fingerprint density at radius 1 is 1.00 bits per heavy atom. The third-order valence-corrected chi connectivity index (χ3v) is 10.7. The summed E-state index contributed by atoms with van der Waals surface area (Å²) in [6.45, 7) is 3.22. The van der Waals surface area contributed by atoms with E-state index in [1.807, 2.05) is 54.6 Å². The van der Waals surface area contributed by atoms with Crippen molar-refractivity contribution in [2.24, 2.45) is 0 Å². The number of aromatic nitrogens is 5. The molecule has 0 bridgehead atoms. The standard InChI is InChI=1S/C37H37F2N9O3S/c38-24-6-8-29(30(39)16-24)37(50,21-46-23-41-22-43-46)20-45-12-10-25(11-13-45)42-19-28-18-32-35(52-28)44-34(40)36(49)48(32)27-7-9-33-31(17-27)47(14-15-51-33)26-4-2-1-3-5-26/h1-9,16-18,22-23,25,42,50H,10-15,19-21H2,(H2,40,44)/t37-/m0/s1. The minimum atomic E-state index is -1.65. The van der Waals surface area contributed by atoms with E-state index >= 15 is 0 Å². The third kappa shape index (κ3) is 6.75. The molecule has 6 aromatic rings. The number of aliphatic hydroxyl groups is 1. The zero-order valence-electron chi connectivity index (χ0n) is 28.2. The number of β-amino-alcohol motifs (C(OH)–C–C–N with tert-alkyl or cyclic N) is 1. The fourth-order valence-corrected chi connectivity index (χ4v) is 8.16. The van der Waals surface area contributed by atoms with Crippen molar-refractivity contribution < 1.29 is 18.6 Å². The van der Waals surface area contributed by atoms with Crippen LogP contribution >= 0.6 is 11.3 Å². The van der Waals surface area contributed by atoms with Crippen LogP contribution in [0.1, 0.15) is 23.3 Å². The number of ether oxygens (including phenoxy) is 1. The lowest BCUT2D eigenvalue weighted by Crippen LogP contribution is -2.49. The second-order valence-electron chi connectivity index (χ2n) is 13.2. The lowest BCUT2D eigenvalue weighted by molar-refractivity contribution is -0.0272. The Bertz CT molecular complexity index is 2260. The van der Waals surface area contributed by atoms with Gasteiger partial charge in [0.05, 0.1) is 30.0 Å². The molecule has 1 fully saturated rings. The Labute approximate surface area is 301 Å². The first-order valence-electron chi connectivity index (χ1n) is 17.1. The molecule has 15 heteroatoms. The molecule has 52 heavy (non-hydrogen) atoms. The van der Waals surface area contributed by atoms with Crippen LogP contribution in [-0.4, -0.2) is 73.1 Å². The summed E-state index contributed by atoms with van der Waals surface area (Å²) in [7, 11) is 0. The number of rotatable bonds is 10. The molecule has 3 aromatic heterocycles. The van der Waals surface area contributed by atoms with Gasteiger partial charge in [0, 0.05) is 41.3 Å². The predicted molar refractivity (Wildman–Crippen MR) is 195 cm³/mol. The number of para-hydroxylation sites is 1. The maximum Gasteiger partial charge on any atom is 0.298 e. The van der Waals surface area contributed by atoms with E-state index in [2.05, 4.69) is 30.2 Å². The van der Waals surface area contributed by atoms with E-state index < -0.39 is 17.2 Å². The van der Waals surface area contributed by atoms with E-state index in [9.17, 15) is 18.7 Å². The molecule has 0 amide bonds. The van der Waals surface area contributed by atoms with Gasteiger partial charge in [-0.3, -0.25) is 14.3 Å². The highest BCUT2D eigenvalue weighted by Gasteiger charge is 2.36. The summed E-state index contributed by atoms with van der Waals surface area (Å²) in [6.07, 6.45) is 4.39. The molecule has 8 rings (SSSR count). The molecule has 2 aliphatic heterocycles. The average Bonchev–Trinajstić information content (AvgIpc) is 3.81. The van der Waals surface area contributed by atoms with Gasteiger partial charge in [-0.1, -0.05) is 24.3 Å². The summed E-state index contributed by atoms with van der Waals surface area (Å²) >= 11 is 1.49. The molecule has 0 radical (unpaired) electrons. The zero-order valence-corrected chi connectivity index (χ0v) is 29.0. The molecule has 0 aliphatic carbocycles. The van der Waals surface area contributed by atoms with Crippen molar-refractivity contribution >= 4 is 38.9 Å². The van der Waals surface area contributed by atoms with Gasteiger partial charge in [0.15, 0.2) is 5.82 Å². The van der Waals surface area contributed by atoms with Crippen LogP contribution in [-0.2, 0) is 18.7 Å². The number of nitrogens with zero attached hydrogens (tertiary/aromatic N) is 7. The topological polar surface area (TPSA) is 140 Å². The highest BCUT2D eigenvalue weighted by molar-refractivity contribution is 7.18. The quantitative estimate of drug-likeness (QED) is 0.184. The van der Waals surface area contributed by atoms with E-state index in [0.717, 1.165) is 47.0 Å². The van der Waals surface area contributed by atoms with Gasteiger partial charge in [-0.15, -0.1) is 11.3 Å². The zero-order chi connectivity index (χ0) is 35.8. The van der Waals surface area contributed by atoms with Crippen LogP contribution in [0.2, 0.25) is 0 Å². The first-order chi connectivity index (χ1) is 25.2. The van der Waals surface area contributed by atoms with Crippen molar-refractivity contribution in [2.45, 2.75) is 37.6 Å². The van der Waals surface area contributed by atoms with Crippen molar-refractivity contribution in [1.82, 2.24) is 34.5 Å². The van der Waals surface area contributed by atoms with Crippen LogP contribution in [0.4, 0.5) is 26.0 Å². The predicted octanol–water partition coefficient (Wildman–Crippen LogP) is 4.57. The van der Waals surface area contributed by atoms with Crippen LogP contribution in [0, 0.1) is 11.6 Å². The Balaban J connectivity index is 0.969. The molecule has 1 saturated heterocycles. The molecule has 12 nitrogen and oxygen atoms in total. The molecule has 5 heterocycles. The SMILES string of the molecule is Nc1nc2sc(CNC3CCN(C[C@](O)(Cn4cncn4)c4ccc(F)cc4F)CC3)cc2n(-c2ccc3c(c2)N(c2ccccc2)CCO3)c1=O. The van der Waals surface area contributed by atoms with Gasteiger partial charge in [0.25, 0.3) is 5.56 Å². The summed E-state index contributed by atoms with van der Waals surface area (Å²) in [5.74, 6) is -0.839. The average molecular weight is 726 g/mol. The lowest BCUT2D eigenvalue weighted by atomic mass is 9.91. The second kappa shape index (κ2) is 14.1. The molecule has 4 N–H and O–H groups in total. The van der Waals surface area contributed by atoms with Crippen molar-refractivity contribution in [3.8, 4) is 11.4 Å². The van der Waals surface area contributed by atoms with Gasteiger partial charge in [0.1, 0.15) is 47.1 Å². The number of piperidine rings is 1. The smallest absolute Gasteiger partial charge is 0.298 e. The van der Waals surface area contributed by atoms with E-state index in [0.29, 0.717) is 48.8 Å². The van der Waals surface area contributed by atoms with Crippen LogP contribution < -0.4 is 26.2 Å².